The number of carbonyl (C=O) groups excluding carboxylic acids is 2. The van der Waals surface area contributed by atoms with Crippen molar-refractivity contribution in [3.63, 3.8) is 0 Å². The maximum absolute atomic E-state index is 13.4. The summed E-state index contributed by atoms with van der Waals surface area (Å²) in [6, 6.07) is 8.26. The van der Waals surface area contributed by atoms with Gasteiger partial charge in [-0.05, 0) is 41.8 Å². The highest BCUT2D eigenvalue weighted by molar-refractivity contribution is 9.10. The number of ether oxygens (including phenoxy) is 2. The first-order chi connectivity index (χ1) is 13.7. The van der Waals surface area contributed by atoms with Gasteiger partial charge in [0.15, 0.2) is 0 Å². The standard InChI is InChI=1S/C21H24BrFN2O4/c1-12(2)19(21(27)24-11-14-7-15(23)5-6-18(14)22)25-20(26)13-8-16(28-3)10-17(9-13)29-4/h5-10,12,19H,11H2,1-4H3,(H,24,27)(H,25,26). The van der Waals surface area contributed by atoms with E-state index in [1.54, 1.807) is 24.3 Å². The summed E-state index contributed by atoms with van der Waals surface area (Å²) >= 11 is 3.33. The quantitative estimate of drug-likeness (QED) is 0.621. The van der Waals surface area contributed by atoms with Crippen molar-refractivity contribution >= 4 is 27.7 Å². The van der Waals surface area contributed by atoms with Crippen LogP contribution in [0, 0.1) is 11.7 Å². The first-order valence-electron chi connectivity index (χ1n) is 9.00. The third-order valence-electron chi connectivity index (χ3n) is 4.31. The zero-order valence-electron chi connectivity index (χ0n) is 16.7. The Balaban J connectivity index is 2.12. The molecule has 0 saturated carbocycles. The molecule has 2 amide bonds. The van der Waals surface area contributed by atoms with E-state index in [0.717, 1.165) is 0 Å². The lowest BCUT2D eigenvalue weighted by atomic mass is 10.0. The number of methoxy groups -OCH3 is 2. The summed E-state index contributed by atoms with van der Waals surface area (Å²) < 4.78 is 24.5. The fraction of sp³-hybridized carbons (Fsp3) is 0.333. The van der Waals surface area contributed by atoms with Crippen LogP contribution in [0.25, 0.3) is 0 Å². The Labute approximate surface area is 177 Å². The fourth-order valence-corrected chi connectivity index (χ4v) is 3.06. The smallest absolute Gasteiger partial charge is 0.252 e. The van der Waals surface area contributed by atoms with Crippen LogP contribution in [0.4, 0.5) is 4.39 Å². The number of halogens is 2. The second kappa shape index (κ2) is 10.2. The molecule has 0 aliphatic rings. The number of carbonyl (C=O) groups is 2. The molecule has 0 heterocycles. The molecular weight excluding hydrogens is 443 g/mol. The molecule has 1 unspecified atom stereocenters. The van der Waals surface area contributed by atoms with Crippen molar-refractivity contribution < 1.29 is 23.5 Å². The van der Waals surface area contributed by atoms with Crippen molar-refractivity contribution in [2.75, 3.05) is 14.2 Å². The van der Waals surface area contributed by atoms with Gasteiger partial charge in [0.2, 0.25) is 5.91 Å². The predicted molar refractivity (Wildman–Crippen MR) is 112 cm³/mol. The van der Waals surface area contributed by atoms with E-state index in [4.69, 9.17) is 9.47 Å². The average molecular weight is 467 g/mol. The van der Waals surface area contributed by atoms with Gasteiger partial charge in [0.1, 0.15) is 23.4 Å². The Bertz CT molecular complexity index is 867. The molecule has 0 fully saturated rings. The Morgan fingerprint density at radius 3 is 2.24 bits per heavy atom. The summed E-state index contributed by atoms with van der Waals surface area (Å²) in [5.74, 6) is -0.407. The molecule has 2 aromatic carbocycles. The largest absolute Gasteiger partial charge is 0.497 e. The average Bonchev–Trinajstić information content (AvgIpc) is 2.71. The van der Waals surface area contributed by atoms with Gasteiger partial charge in [-0.1, -0.05) is 29.8 Å². The molecule has 0 spiro atoms. The van der Waals surface area contributed by atoms with E-state index < -0.39 is 17.8 Å². The summed E-state index contributed by atoms with van der Waals surface area (Å²) in [6.07, 6.45) is 0. The molecule has 6 nitrogen and oxygen atoms in total. The number of hydrogen-bond donors (Lipinski definition) is 2. The van der Waals surface area contributed by atoms with Crippen molar-refractivity contribution in [1.29, 1.82) is 0 Å². The van der Waals surface area contributed by atoms with Crippen LogP contribution in [0.15, 0.2) is 40.9 Å². The molecule has 2 aromatic rings. The molecule has 0 saturated heterocycles. The van der Waals surface area contributed by atoms with E-state index in [-0.39, 0.29) is 18.4 Å². The highest BCUT2D eigenvalue weighted by Gasteiger charge is 2.25. The molecule has 0 aliphatic carbocycles. The van der Waals surface area contributed by atoms with Crippen LogP contribution < -0.4 is 20.1 Å². The number of nitrogens with one attached hydrogen (secondary N) is 2. The van der Waals surface area contributed by atoms with E-state index in [2.05, 4.69) is 26.6 Å². The van der Waals surface area contributed by atoms with Crippen molar-refractivity contribution in [2.45, 2.75) is 26.4 Å². The van der Waals surface area contributed by atoms with Crippen LogP contribution in [-0.2, 0) is 11.3 Å². The Morgan fingerprint density at radius 1 is 1.07 bits per heavy atom. The molecule has 0 aliphatic heterocycles. The lowest BCUT2D eigenvalue weighted by Crippen LogP contribution is -2.49. The summed E-state index contributed by atoms with van der Waals surface area (Å²) in [5, 5.41) is 5.50. The zero-order valence-corrected chi connectivity index (χ0v) is 18.3. The molecule has 156 valence electrons. The van der Waals surface area contributed by atoms with E-state index in [1.165, 1.54) is 26.4 Å². The van der Waals surface area contributed by atoms with Gasteiger partial charge in [0.25, 0.3) is 5.91 Å². The Kier molecular flexibility index (Phi) is 8.01. The lowest BCUT2D eigenvalue weighted by molar-refractivity contribution is -0.124. The van der Waals surface area contributed by atoms with Crippen LogP contribution in [0.5, 0.6) is 11.5 Å². The van der Waals surface area contributed by atoms with E-state index in [0.29, 0.717) is 27.1 Å². The number of amides is 2. The van der Waals surface area contributed by atoms with Gasteiger partial charge in [-0.3, -0.25) is 9.59 Å². The highest BCUT2D eigenvalue weighted by Crippen LogP contribution is 2.23. The molecule has 8 heteroatoms. The Morgan fingerprint density at radius 2 is 1.69 bits per heavy atom. The van der Waals surface area contributed by atoms with Gasteiger partial charge in [-0.25, -0.2) is 4.39 Å². The second-order valence-corrected chi connectivity index (χ2v) is 7.60. The van der Waals surface area contributed by atoms with Crippen LogP contribution in [0.3, 0.4) is 0 Å². The minimum Gasteiger partial charge on any atom is -0.497 e. The van der Waals surface area contributed by atoms with Gasteiger partial charge < -0.3 is 20.1 Å². The maximum Gasteiger partial charge on any atom is 0.252 e. The van der Waals surface area contributed by atoms with Crippen molar-refractivity contribution in [3.05, 3.63) is 57.8 Å². The third-order valence-corrected chi connectivity index (χ3v) is 5.08. The summed E-state index contributed by atoms with van der Waals surface area (Å²) in [4.78, 5) is 25.4. The minimum absolute atomic E-state index is 0.128. The van der Waals surface area contributed by atoms with E-state index in [9.17, 15) is 14.0 Å². The van der Waals surface area contributed by atoms with Crippen molar-refractivity contribution in [2.24, 2.45) is 5.92 Å². The lowest BCUT2D eigenvalue weighted by Gasteiger charge is -2.22. The first-order valence-corrected chi connectivity index (χ1v) is 9.80. The SMILES string of the molecule is COc1cc(OC)cc(C(=O)NC(C(=O)NCc2cc(F)ccc2Br)C(C)C)c1. The minimum atomic E-state index is -0.771. The van der Waals surface area contributed by atoms with Gasteiger partial charge in [-0.15, -0.1) is 0 Å². The molecular formula is C21H24BrFN2O4. The van der Waals surface area contributed by atoms with Crippen LogP contribution in [-0.4, -0.2) is 32.1 Å². The maximum atomic E-state index is 13.4. The van der Waals surface area contributed by atoms with Crippen molar-refractivity contribution in [1.82, 2.24) is 10.6 Å². The molecule has 2 N–H and O–H groups in total. The molecule has 0 radical (unpaired) electrons. The molecule has 0 bridgehead atoms. The number of rotatable bonds is 8. The van der Waals surface area contributed by atoms with Crippen LogP contribution in [0.1, 0.15) is 29.8 Å². The number of hydrogen-bond acceptors (Lipinski definition) is 4. The molecule has 2 rings (SSSR count). The molecule has 1 atom stereocenters. The van der Waals surface area contributed by atoms with Gasteiger partial charge in [0, 0.05) is 22.6 Å². The van der Waals surface area contributed by atoms with Crippen molar-refractivity contribution in [3.8, 4) is 11.5 Å². The van der Waals surface area contributed by atoms with E-state index >= 15 is 0 Å². The molecule has 29 heavy (non-hydrogen) atoms. The van der Waals surface area contributed by atoms with Crippen LogP contribution >= 0.6 is 15.9 Å². The monoisotopic (exact) mass is 466 g/mol. The predicted octanol–water partition coefficient (Wildman–Crippen LogP) is 3.68. The van der Waals surface area contributed by atoms with Gasteiger partial charge >= 0.3 is 0 Å². The van der Waals surface area contributed by atoms with Gasteiger partial charge in [-0.2, -0.15) is 0 Å². The second-order valence-electron chi connectivity index (χ2n) is 6.75. The summed E-state index contributed by atoms with van der Waals surface area (Å²) in [7, 11) is 2.98. The highest BCUT2D eigenvalue weighted by atomic mass is 79.9. The third kappa shape index (κ3) is 6.19. The molecule has 0 aromatic heterocycles. The normalized spacial score (nSPS) is 11.7. The summed E-state index contributed by atoms with van der Waals surface area (Å²) in [6.45, 7) is 3.78. The summed E-state index contributed by atoms with van der Waals surface area (Å²) in [5.41, 5.74) is 0.914. The zero-order chi connectivity index (χ0) is 21.6. The van der Waals surface area contributed by atoms with Gasteiger partial charge in [0.05, 0.1) is 14.2 Å². The number of benzene rings is 2. The fourth-order valence-electron chi connectivity index (χ4n) is 2.67. The Hall–Kier alpha value is -2.61. The van der Waals surface area contributed by atoms with Crippen LogP contribution in [0.2, 0.25) is 0 Å². The van der Waals surface area contributed by atoms with E-state index in [1.807, 2.05) is 13.8 Å². The topological polar surface area (TPSA) is 76.7 Å². The first kappa shape index (κ1) is 22.7.